The number of hydrogen-bond acceptors (Lipinski definition) is 5. The van der Waals surface area contributed by atoms with Crippen LogP contribution in [0.15, 0.2) is 42.5 Å². The first kappa shape index (κ1) is 20.9. The second-order valence-electron chi connectivity index (χ2n) is 7.98. The topological polar surface area (TPSA) is 76.7 Å². The first-order chi connectivity index (χ1) is 13.9. The Bertz CT molecular complexity index is 908. The molecule has 0 bridgehead atoms. The van der Waals surface area contributed by atoms with Crippen LogP contribution in [0.2, 0.25) is 0 Å². The summed E-state index contributed by atoms with van der Waals surface area (Å²) in [4.78, 5) is 24.3. The van der Waals surface area contributed by atoms with E-state index < -0.39 is 0 Å². The van der Waals surface area contributed by atoms with E-state index in [9.17, 15) is 9.59 Å². The van der Waals surface area contributed by atoms with Gasteiger partial charge in [-0.05, 0) is 53.3 Å². The molecule has 0 spiro atoms. The molecule has 6 nitrogen and oxygen atoms in total. The van der Waals surface area contributed by atoms with Crippen molar-refractivity contribution >= 4 is 17.6 Å². The zero-order valence-electron chi connectivity index (χ0n) is 17.4. The van der Waals surface area contributed by atoms with Crippen LogP contribution in [-0.4, -0.2) is 39.2 Å². The van der Waals surface area contributed by atoms with Gasteiger partial charge in [0.15, 0.2) is 0 Å². The number of esters is 1. The second-order valence-corrected chi connectivity index (χ2v) is 7.98. The summed E-state index contributed by atoms with van der Waals surface area (Å²) in [5, 5.41) is 6.46. The molecule has 1 heterocycles. The lowest BCUT2D eigenvalue weighted by atomic mass is 9.72. The molecule has 0 saturated carbocycles. The van der Waals surface area contributed by atoms with Crippen LogP contribution in [0, 0.1) is 5.41 Å². The van der Waals surface area contributed by atoms with E-state index in [0.29, 0.717) is 24.3 Å². The normalized spacial score (nSPS) is 17.0. The summed E-state index contributed by atoms with van der Waals surface area (Å²) in [6.45, 7) is 5.32. The average Bonchev–Trinajstić information content (AvgIpc) is 2.71. The van der Waals surface area contributed by atoms with Gasteiger partial charge in [0.2, 0.25) is 0 Å². The number of fused-ring (bicyclic) bond motifs is 1. The Hall–Kier alpha value is -2.86. The maximum absolute atomic E-state index is 12.4. The molecule has 1 aliphatic rings. The standard InChI is InChI=1S/C23H28N2O4/c1-23(2)14-18-13-17(22(27)29-4)8-9-19(18)25-20(23)15-6-5-7-16(12-15)21(26)24-10-11-28-3/h5-9,12-13,20,25H,10-11,14H2,1-4H3,(H,24,26). The van der Waals surface area contributed by atoms with Gasteiger partial charge in [0.25, 0.3) is 5.91 Å². The Morgan fingerprint density at radius 2 is 1.93 bits per heavy atom. The van der Waals surface area contributed by atoms with Gasteiger partial charge in [0.05, 0.1) is 25.3 Å². The first-order valence-corrected chi connectivity index (χ1v) is 9.70. The molecule has 29 heavy (non-hydrogen) atoms. The van der Waals surface area contributed by atoms with Gasteiger partial charge in [0, 0.05) is 24.9 Å². The first-order valence-electron chi connectivity index (χ1n) is 9.70. The van der Waals surface area contributed by atoms with Crippen molar-refractivity contribution in [1.82, 2.24) is 5.32 Å². The largest absolute Gasteiger partial charge is 0.465 e. The van der Waals surface area contributed by atoms with E-state index in [4.69, 9.17) is 9.47 Å². The van der Waals surface area contributed by atoms with Crippen LogP contribution < -0.4 is 10.6 Å². The van der Waals surface area contributed by atoms with E-state index in [1.165, 1.54) is 7.11 Å². The summed E-state index contributed by atoms with van der Waals surface area (Å²) in [6, 6.07) is 13.3. The summed E-state index contributed by atoms with van der Waals surface area (Å²) >= 11 is 0. The van der Waals surface area contributed by atoms with Crippen molar-refractivity contribution < 1.29 is 19.1 Å². The molecule has 154 valence electrons. The Kier molecular flexibility index (Phi) is 6.23. The maximum atomic E-state index is 12.4. The zero-order chi connectivity index (χ0) is 21.0. The fourth-order valence-corrected chi connectivity index (χ4v) is 3.83. The van der Waals surface area contributed by atoms with Crippen LogP contribution >= 0.6 is 0 Å². The minimum absolute atomic E-state index is 0.0331. The Balaban J connectivity index is 1.85. The number of nitrogens with one attached hydrogen (secondary N) is 2. The molecule has 6 heteroatoms. The highest BCUT2D eigenvalue weighted by Gasteiger charge is 2.36. The van der Waals surface area contributed by atoms with Crippen molar-refractivity contribution in [2.45, 2.75) is 26.3 Å². The molecule has 0 aliphatic carbocycles. The minimum Gasteiger partial charge on any atom is -0.465 e. The van der Waals surface area contributed by atoms with Crippen LogP contribution in [0.5, 0.6) is 0 Å². The van der Waals surface area contributed by atoms with Gasteiger partial charge < -0.3 is 20.1 Å². The third-order valence-electron chi connectivity index (χ3n) is 5.33. The van der Waals surface area contributed by atoms with Gasteiger partial charge in [-0.3, -0.25) is 4.79 Å². The van der Waals surface area contributed by atoms with Gasteiger partial charge in [-0.15, -0.1) is 0 Å². The molecule has 1 unspecified atom stereocenters. The van der Waals surface area contributed by atoms with E-state index in [1.807, 2.05) is 36.4 Å². The van der Waals surface area contributed by atoms with E-state index in [2.05, 4.69) is 24.5 Å². The molecule has 2 aromatic rings. The molecule has 2 aromatic carbocycles. The van der Waals surface area contributed by atoms with Gasteiger partial charge in [-0.1, -0.05) is 26.0 Å². The fraction of sp³-hybridized carbons (Fsp3) is 0.391. The molecule has 0 aromatic heterocycles. The molecule has 2 N–H and O–H groups in total. The summed E-state index contributed by atoms with van der Waals surface area (Å²) in [5.74, 6) is -0.444. The molecule has 0 fully saturated rings. The zero-order valence-corrected chi connectivity index (χ0v) is 17.4. The number of hydrogen-bond donors (Lipinski definition) is 2. The van der Waals surface area contributed by atoms with Crippen LogP contribution in [0.25, 0.3) is 0 Å². The quantitative estimate of drug-likeness (QED) is 0.576. The predicted octanol–water partition coefficient (Wildman–Crippen LogP) is 3.58. The molecule has 0 saturated heterocycles. The van der Waals surface area contributed by atoms with Gasteiger partial charge in [0.1, 0.15) is 0 Å². The van der Waals surface area contributed by atoms with E-state index >= 15 is 0 Å². The van der Waals surface area contributed by atoms with Crippen molar-refractivity contribution in [1.29, 1.82) is 0 Å². The number of carbonyl (C=O) groups excluding carboxylic acids is 2. The molecular formula is C23H28N2O4. The number of ether oxygens (including phenoxy) is 2. The Labute approximate surface area is 171 Å². The molecule has 1 amide bonds. The average molecular weight is 396 g/mol. The molecule has 1 aliphatic heterocycles. The number of benzene rings is 2. The number of methoxy groups -OCH3 is 2. The highest BCUT2D eigenvalue weighted by molar-refractivity contribution is 5.94. The van der Waals surface area contributed by atoms with Crippen molar-refractivity contribution in [2.75, 3.05) is 32.7 Å². The number of carbonyl (C=O) groups is 2. The SMILES string of the molecule is COCCNC(=O)c1cccc(C2Nc3ccc(C(=O)OC)cc3CC2(C)C)c1. The molecule has 1 atom stereocenters. The highest BCUT2D eigenvalue weighted by Crippen LogP contribution is 2.45. The van der Waals surface area contributed by atoms with Gasteiger partial charge in [-0.25, -0.2) is 4.79 Å². The molecule has 3 rings (SSSR count). The Morgan fingerprint density at radius 1 is 1.14 bits per heavy atom. The smallest absolute Gasteiger partial charge is 0.337 e. The monoisotopic (exact) mass is 396 g/mol. The molecular weight excluding hydrogens is 368 g/mol. The van der Waals surface area contributed by atoms with Crippen LogP contribution in [0.4, 0.5) is 5.69 Å². The number of amides is 1. The lowest BCUT2D eigenvalue weighted by molar-refractivity contribution is 0.0600. The van der Waals surface area contributed by atoms with Crippen LogP contribution in [0.3, 0.4) is 0 Å². The lowest BCUT2D eigenvalue weighted by Gasteiger charge is -2.41. The second kappa shape index (κ2) is 8.66. The van der Waals surface area contributed by atoms with Crippen molar-refractivity contribution in [3.05, 3.63) is 64.7 Å². The maximum Gasteiger partial charge on any atom is 0.337 e. The third-order valence-corrected chi connectivity index (χ3v) is 5.33. The minimum atomic E-state index is -0.333. The summed E-state index contributed by atoms with van der Waals surface area (Å²) in [6.07, 6.45) is 0.801. The van der Waals surface area contributed by atoms with E-state index in [0.717, 1.165) is 23.2 Å². The number of anilines is 1. The predicted molar refractivity (Wildman–Crippen MR) is 112 cm³/mol. The van der Waals surface area contributed by atoms with Gasteiger partial charge >= 0.3 is 5.97 Å². The Morgan fingerprint density at radius 3 is 2.66 bits per heavy atom. The van der Waals surface area contributed by atoms with Crippen LogP contribution in [-0.2, 0) is 15.9 Å². The van der Waals surface area contributed by atoms with Crippen LogP contribution in [0.1, 0.15) is 51.7 Å². The van der Waals surface area contributed by atoms with E-state index in [1.54, 1.807) is 13.2 Å². The summed E-state index contributed by atoms with van der Waals surface area (Å²) in [7, 11) is 2.99. The molecule has 0 radical (unpaired) electrons. The summed E-state index contributed by atoms with van der Waals surface area (Å²) in [5.41, 5.74) is 4.20. The third kappa shape index (κ3) is 4.59. The van der Waals surface area contributed by atoms with Gasteiger partial charge in [-0.2, -0.15) is 0 Å². The summed E-state index contributed by atoms with van der Waals surface area (Å²) < 4.78 is 9.82. The van der Waals surface area contributed by atoms with E-state index in [-0.39, 0.29) is 23.3 Å². The number of rotatable bonds is 6. The lowest BCUT2D eigenvalue weighted by Crippen LogP contribution is -2.35. The van der Waals surface area contributed by atoms with Crippen molar-refractivity contribution in [2.24, 2.45) is 5.41 Å². The highest BCUT2D eigenvalue weighted by atomic mass is 16.5. The van der Waals surface area contributed by atoms with Crippen molar-refractivity contribution in [3.63, 3.8) is 0 Å². The van der Waals surface area contributed by atoms with Crippen molar-refractivity contribution in [3.8, 4) is 0 Å². The fourth-order valence-electron chi connectivity index (χ4n) is 3.83.